The SMILES string of the molecule is Cn1cc(CN2CCOCC2)c(C2c3ccccc3CCN2C=CC=O)n1. The van der Waals surface area contributed by atoms with Crippen molar-refractivity contribution in [1.82, 2.24) is 19.6 Å². The van der Waals surface area contributed by atoms with Crippen LogP contribution in [0.15, 0.2) is 42.7 Å². The Hall–Kier alpha value is -2.44. The molecule has 3 heterocycles. The molecule has 27 heavy (non-hydrogen) atoms. The molecule has 1 fully saturated rings. The van der Waals surface area contributed by atoms with Crippen LogP contribution in [0.2, 0.25) is 0 Å². The smallest absolute Gasteiger partial charge is 0.144 e. The van der Waals surface area contributed by atoms with Crippen molar-refractivity contribution in [3.63, 3.8) is 0 Å². The zero-order valence-electron chi connectivity index (χ0n) is 15.8. The van der Waals surface area contributed by atoms with Gasteiger partial charge >= 0.3 is 0 Å². The molecule has 1 aromatic heterocycles. The van der Waals surface area contributed by atoms with Crippen molar-refractivity contribution in [3.8, 4) is 0 Å². The largest absolute Gasteiger partial charge is 0.379 e. The third-order valence-electron chi connectivity index (χ3n) is 5.37. The highest BCUT2D eigenvalue weighted by atomic mass is 16.5. The second-order valence-corrected chi connectivity index (χ2v) is 7.17. The molecule has 0 bridgehead atoms. The van der Waals surface area contributed by atoms with E-state index in [4.69, 9.17) is 9.84 Å². The Balaban J connectivity index is 1.72. The normalized spacial score (nSPS) is 20.8. The van der Waals surface area contributed by atoms with Crippen LogP contribution in [-0.2, 0) is 29.5 Å². The first-order chi connectivity index (χ1) is 13.3. The predicted molar refractivity (Wildman–Crippen MR) is 103 cm³/mol. The third kappa shape index (κ3) is 3.82. The molecule has 0 radical (unpaired) electrons. The van der Waals surface area contributed by atoms with Gasteiger partial charge < -0.3 is 9.64 Å². The molecule has 1 unspecified atom stereocenters. The molecule has 4 rings (SSSR count). The van der Waals surface area contributed by atoms with Crippen molar-refractivity contribution < 1.29 is 9.53 Å². The lowest BCUT2D eigenvalue weighted by Crippen LogP contribution is -2.37. The zero-order valence-corrected chi connectivity index (χ0v) is 15.8. The van der Waals surface area contributed by atoms with E-state index >= 15 is 0 Å². The van der Waals surface area contributed by atoms with E-state index in [2.05, 4.69) is 40.3 Å². The third-order valence-corrected chi connectivity index (χ3v) is 5.37. The second-order valence-electron chi connectivity index (χ2n) is 7.17. The van der Waals surface area contributed by atoms with Crippen molar-refractivity contribution in [2.45, 2.75) is 19.0 Å². The molecule has 142 valence electrons. The van der Waals surface area contributed by atoms with Crippen molar-refractivity contribution in [1.29, 1.82) is 0 Å². The van der Waals surface area contributed by atoms with E-state index in [9.17, 15) is 4.79 Å². The van der Waals surface area contributed by atoms with Crippen LogP contribution in [0.1, 0.15) is 28.4 Å². The van der Waals surface area contributed by atoms with Gasteiger partial charge in [-0.25, -0.2) is 0 Å². The number of allylic oxidation sites excluding steroid dienone is 1. The number of aromatic nitrogens is 2. The minimum atomic E-state index is 0.0309. The maximum atomic E-state index is 10.9. The van der Waals surface area contributed by atoms with Gasteiger partial charge in [-0.3, -0.25) is 14.4 Å². The number of morpholine rings is 1. The molecule has 1 aromatic carbocycles. The highest BCUT2D eigenvalue weighted by Gasteiger charge is 2.31. The Bertz CT molecular complexity index is 823. The number of carbonyl (C=O) groups is 1. The summed E-state index contributed by atoms with van der Waals surface area (Å²) in [5.74, 6) is 0. The molecule has 6 nitrogen and oxygen atoms in total. The maximum Gasteiger partial charge on any atom is 0.144 e. The van der Waals surface area contributed by atoms with Gasteiger partial charge in [0.05, 0.1) is 24.9 Å². The predicted octanol–water partition coefficient (Wildman–Crippen LogP) is 1.91. The number of ether oxygens (including phenoxy) is 1. The van der Waals surface area contributed by atoms with E-state index in [1.54, 1.807) is 6.08 Å². The lowest BCUT2D eigenvalue weighted by atomic mass is 9.89. The van der Waals surface area contributed by atoms with Gasteiger partial charge in [-0.1, -0.05) is 24.3 Å². The van der Waals surface area contributed by atoms with Gasteiger partial charge in [0.2, 0.25) is 0 Å². The average molecular weight is 366 g/mol. The molecule has 2 aromatic rings. The molecule has 0 amide bonds. The molecule has 2 aliphatic rings. The van der Waals surface area contributed by atoms with E-state index < -0.39 is 0 Å². The van der Waals surface area contributed by atoms with Crippen molar-refractivity contribution in [3.05, 3.63) is 65.1 Å². The Morgan fingerprint density at radius 2 is 2.04 bits per heavy atom. The number of benzene rings is 1. The lowest BCUT2D eigenvalue weighted by molar-refractivity contribution is -0.104. The molecule has 0 aliphatic carbocycles. The van der Waals surface area contributed by atoms with E-state index in [0.29, 0.717) is 0 Å². The molecular formula is C21H26N4O2. The molecule has 1 atom stereocenters. The Labute approximate surface area is 160 Å². The van der Waals surface area contributed by atoms with Crippen LogP contribution < -0.4 is 0 Å². The first-order valence-electron chi connectivity index (χ1n) is 9.54. The molecule has 0 spiro atoms. The fourth-order valence-electron chi connectivity index (χ4n) is 4.10. The van der Waals surface area contributed by atoms with Crippen molar-refractivity contribution >= 4 is 6.29 Å². The van der Waals surface area contributed by atoms with Gasteiger partial charge in [-0.2, -0.15) is 5.10 Å². The maximum absolute atomic E-state index is 10.9. The van der Waals surface area contributed by atoms with Crippen molar-refractivity contribution in [2.24, 2.45) is 7.05 Å². The Morgan fingerprint density at radius 3 is 2.85 bits per heavy atom. The summed E-state index contributed by atoms with van der Waals surface area (Å²) in [6, 6.07) is 8.61. The van der Waals surface area contributed by atoms with Crippen LogP contribution >= 0.6 is 0 Å². The van der Waals surface area contributed by atoms with Gasteiger partial charge in [0.1, 0.15) is 6.29 Å². The summed E-state index contributed by atoms with van der Waals surface area (Å²) in [5, 5.41) is 4.85. The summed E-state index contributed by atoms with van der Waals surface area (Å²) in [4.78, 5) is 15.6. The molecule has 6 heteroatoms. The molecular weight excluding hydrogens is 340 g/mol. The first-order valence-corrected chi connectivity index (χ1v) is 9.54. The molecule has 1 saturated heterocycles. The highest BCUT2D eigenvalue weighted by molar-refractivity contribution is 5.64. The van der Waals surface area contributed by atoms with Gasteiger partial charge in [0, 0.05) is 51.2 Å². The number of rotatable bonds is 5. The minimum Gasteiger partial charge on any atom is -0.379 e. The van der Waals surface area contributed by atoms with Crippen LogP contribution in [0.25, 0.3) is 0 Å². The summed E-state index contributed by atoms with van der Waals surface area (Å²) < 4.78 is 7.39. The van der Waals surface area contributed by atoms with E-state index in [1.165, 1.54) is 16.7 Å². The van der Waals surface area contributed by atoms with Crippen LogP contribution in [0.3, 0.4) is 0 Å². The van der Waals surface area contributed by atoms with Crippen LogP contribution in [0, 0.1) is 0 Å². The Morgan fingerprint density at radius 1 is 1.22 bits per heavy atom. The van der Waals surface area contributed by atoms with Crippen molar-refractivity contribution in [2.75, 3.05) is 32.8 Å². The number of nitrogens with zero attached hydrogens (tertiary/aromatic N) is 4. The fraction of sp³-hybridized carbons (Fsp3) is 0.429. The van der Waals surface area contributed by atoms with Gasteiger partial charge in [-0.05, 0) is 23.6 Å². The molecule has 0 saturated carbocycles. The fourth-order valence-corrected chi connectivity index (χ4v) is 4.10. The van der Waals surface area contributed by atoms with Gasteiger partial charge in [0.25, 0.3) is 0 Å². The standard InChI is InChI=1S/C21H26N4O2/c1-23-15-18(16-24-10-13-27-14-11-24)20(22-23)21-19-6-3-2-5-17(19)7-9-25(21)8-4-12-26/h2-6,8,12,15,21H,7,9-11,13-14,16H2,1H3. The summed E-state index contributed by atoms with van der Waals surface area (Å²) >= 11 is 0. The van der Waals surface area contributed by atoms with Gasteiger partial charge in [-0.15, -0.1) is 0 Å². The second kappa shape index (κ2) is 8.06. The molecule has 0 N–H and O–H groups in total. The zero-order chi connectivity index (χ0) is 18.6. The van der Waals surface area contributed by atoms with Crippen LogP contribution in [0.4, 0.5) is 0 Å². The number of fused-ring (bicyclic) bond motifs is 1. The quantitative estimate of drug-likeness (QED) is 0.598. The summed E-state index contributed by atoms with van der Waals surface area (Å²) in [5.41, 5.74) is 4.96. The highest BCUT2D eigenvalue weighted by Crippen LogP contribution is 2.36. The number of hydrogen-bond acceptors (Lipinski definition) is 5. The van der Waals surface area contributed by atoms with Crippen LogP contribution in [-0.4, -0.2) is 58.7 Å². The topological polar surface area (TPSA) is 50.6 Å². The lowest BCUT2D eigenvalue weighted by Gasteiger charge is -2.36. The number of aryl methyl sites for hydroxylation is 1. The van der Waals surface area contributed by atoms with E-state index in [0.717, 1.165) is 57.8 Å². The number of hydrogen-bond donors (Lipinski definition) is 0. The minimum absolute atomic E-state index is 0.0309. The summed E-state index contributed by atoms with van der Waals surface area (Å²) in [7, 11) is 1.98. The summed E-state index contributed by atoms with van der Waals surface area (Å²) in [6.45, 7) is 5.22. The monoisotopic (exact) mass is 366 g/mol. The molecule has 2 aliphatic heterocycles. The van der Waals surface area contributed by atoms with E-state index in [-0.39, 0.29) is 6.04 Å². The van der Waals surface area contributed by atoms with Crippen LogP contribution in [0.5, 0.6) is 0 Å². The number of carbonyl (C=O) groups excluding carboxylic acids is 1. The Kier molecular flexibility index (Phi) is 5.36. The van der Waals surface area contributed by atoms with Gasteiger partial charge in [0.15, 0.2) is 0 Å². The number of aldehydes is 1. The summed E-state index contributed by atoms with van der Waals surface area (Å²) in [6.07, 6.45) is 7.42. The van der Waals surface area contributed by atoms with E-state index in [1.807, 2.05) is 17.9 Å². The first kappa shape index (κ1) is 17.9. The average Bonchev–Trinajstić information content (AvgIpc) is 3.06.